The molecular weight excluding hydrogens is 231 g/mol. The zero-order chi connectivity index (χ0) is 11.4. The summed E-state index contributed by atoms with van der Waals surface area (Å²) in [6.07, 6.45) is 0. The van der Waals surface area contributed by atoms with Gasteiger partial charge in [-0.05, 0) is 24.3 Å². The van der Waals surface area contributed by atoms with E-state index in [-0.39, 0.29) is 12.4 Å². The average Bonchev–Trinajstić information content (AvgIpc) is 2.76. The first-order valence-electron chi connectivity index (χ1n) is 4.46. The van der Waals surface area contributed by atoms with E-state index in [9.17, 15) is 4.39 Å². The summed E-state index contributed by atoms with van der Waals surface area (Å²) < 4.78 is 21.7. The van der Waals surface area contributed by atoms with E-state index in [1.165, 1.54) is 12.1 Å². The number of nitrogens with two attached hydrogens (primary N) is 1. The normalized spacial score (nSPS) is 10.1. The van der Waals surface area contributed by atoms with Gasteiger partial charge < -0.3 is 10.2 Å². The highest BCUT2D eigenvalue weighted by Crippen LogP contribution is 2.19. The van der Waals surface area contributed by atoms with E-state index in [0.29, 0.717) is 16.4 Å². The lowest BCUT2D eigenvalue weighted by Crippen LogP contribution is -2.08. The van der Waals surface area contributed by atoms with Gasteiger partial charge in [0.2, 0.25) is 0 Å². The zero-order valence-electron chi connectivity index (χ0n) is 8.18. The molecule has 2 aromatic rings. The second-order valence-electron chi connectivity index (χ2n) is 2.94. The van der Waals surface area contributed by atoms with Gasteiger partial charge in [0.05, 0.1) is 0 Å². The Bertz CT molecular complexity index is 459. The number of halogens is 1. The van der Waals surface area contributed by atoms with Crippen LogP contribution in [0, 0.1) is 5.82 Å². The van der Waals surface area contributed by atoms with Crippen molar-refractivity contribution < 1.29 is 9.13 Å². The molecule has 1 aromatic carbocycles. The summed E-state index contributed by atoms with van der Waals surface area (Å²) in [6, 6.07) is 5.75. The number of anilines is 1. The summed E-state index contributed by atoms with van der Waals surface area (Å²) in [5, 5.41) is 4.50. The van der Waals surface area contributed by atoms with Crippen LogP contribution in [0.15, 0.2) is 24.3 Å². The SMILES string of the molecule is NNc1snnc1COc1ccc(F)cc1. The van der Waals surface area contributed by atoms with E-state index in [4.69, 9.17) is 10.6 Å². The molecular formula is C9H9FN4OS. The van der Waals surface area contributed by atoms with Crippen LogP contribution in [0.3, 0.4) is 0 Å². The molecule has 16 heavy (non-hydrogen) atoms. The van der Waals surface area contributed by atoms with Gasteiger partial charge in [-0.1, -0.05) is 4.49 Å². The lowest BCUT2D eigenvalue weighted by Gasteiger charge is -2.04. The highest BCUT2D eigenvalue weighted by atomic mass is 32.1. The van der Waals surface area contributed by atoms with Crippen LogP contribution >= 0.6 is 11.5 Å². The number of rotatable bonds is 4. The lowest BCUT2D eigenvalue weighted by atomic mass is 10.3. The Morgan fingerprint density at radius 2 is 2.12 bits per heavy atom. The molecule has 0 saturated heterocycles. The molecule has 0 aliphatic carbocycles. The highest BCUT2D eigenvalue weighted by molar-refractivity contribution is 7.10. The van der Waals surface area contributed by atoms with Crippen molar-refractivity contribution in [3.8, 4) is 5.75 Å². The topological polar surface area (TPSA) is 73.1 Å². The van der Waals surface area contributed by atoms with E-state index in [2.05, 4.69) is 15.0 Å². The van der Waals surface area contributed by atoms with Gasteiger partial charge in [0.25, 0.3) is 0 Å². The molecule has 0 aliphatic heterocycles. The molecule has 3 N–H and O–H groups in total. The van der Waals surface area contributed by atoms with Crippen LogP contribution in [-0.2, 0) is 6.61 Å². The summed E-state index contributed by atoms with van der Waals surface area (Å²) in [6.45, 7) is 0.238. The number of hydrogen-bond acceptors (Lipinski definition) is 6. The van der Waals surface area contributed by atoms with Crippen LogP contribution in [0.5, 0.6) is 5.75 Å². The Balaban J connectivity index is 1.99. The van der Waals surface area contributed by atoms with Crippen molar-refractivity contribution in [2.24, 2.45) is 5.84 Å². The standard InChI is InChI=1S/C9H9FN4OS/c10-6-1-3-7(4-2-6)15-5-8-9(12-11)16-14-13-8/h1-4,12H,5,11H2. The minimum absolute atomic E-state index is 0.238. The fourth-order valence-electron chi connectivity index (χ4n) is 1.10. The predicted octanol–water partition coefficient (Wildman–Crippen LogP) is 1.54. The maximum absolute atomic E-state index is 12.6. The molecule has 0 amide bonds. The van der Waals surface area contributed by atoms with Crippen LogP contribution in [0.2, 0.25) is 0 Å². The van der Waals surface area contributed by atoms with Crippen molar-refractivity contribution in [2.75, 3.05) is 5.43 Å². The van der Waals surface area contributed by atoms with Gasteiger partial charge in [0.15, 0.2) is 5.00 Å². The second kappa shape index (κ2) is 4.86. The molecule has 5 nitrogen and oxygen atoms in total. The molecule has 2 rings (SSSR count). The van der Waals surface area contributed by atoms with Crippen molar-refractivity contribution in [2.45, 2.75) is 6.61 Å². The van der Waals surface area contributed by atoms with Gasteiger partial charge in [0, 0.05) is 11.5 Å². The van der Waals surface area contributed by atoms with Crippen molar-refractivity contribution in [3.05, 3.63) is 35.8 Å². The van der Waals surface area contributed by atoms with Crippen LogP contribution in [0.25, 0.3) is 0 Å². The zero-order valence-corrected chi connectivity index (χ0v) is 9.00. The van der Waals surface area contributed by atoms with Crippen LogP contribution in [0.1, 0.15) is 5.69 Å². The van der Waals surface area contributed by atoms with Gasteiger partial charge in [0.1, 0.15) is 23.9 Å². The van der Waals surface area contributed by atoms with Crippen LogP contribution in [-0.4, -0.2) is 9.59 Å². The smallest absolute Gasteiger partial charge is 0.150 e. The Morgan fingerprint density at radius 3 is 2.81 bits per heavy atom. The number of ether oxygens (including phenoxy) is 1. The number of nitrogens with zero attached hydrogens (tertiary/aromatic N) is 2. The molecule has 0 fully saturated rings. The largest absolute Gasteiger partial charge is 0.487 e. The summed E-state index contributed by atoms with van der Waals surface area (Å²) >= 11 is 1.15. The minimum atomic E-state index is -0.299. The third kappa shape index (κ3) is 2.44. The molecule has 1 aromatic heterocycles. The number of hydrazine groups is 1. The number of hydrogen-bond donors (Lipinski definition) is 2. The van der Waals surface area contributed by atoms with Gasteiger partial charge in [-0.3, -0.25) is 0 Å². The van der Waals surface area contributed by atoms with Crippen LogP contribution in [0.4, 0.5) is 9.39 Å². The van der Waals surface area contributed by atoms with E-state index < -0.39 is 0 Å². The molecule has 1 heterocycles. The summed E-state index contributed by atoms with van der Waals surface area (Å²) in [4.78, 5) is 0. The van der Waals surface area contributed by atoms with Crippen molar-refractivity contribution in [1.82, 2.24) is 9.59 Å². The molecule has 0 aliphatic rings. The predicted molar refractivity (Wildman–Crippen MR) is 58.5 cm³/mol. The Morgan fingerprint density at radius 1 is 1.38 bits per heavy atom. The van der Waals surface area contributed by atoms with Gasteiger partial charge >= 0.3 is 0 Å². The first kappa shape index (κ1) is 10.8. The number of aromatic nitrogens is 2. The molecule has 84 valence electrons. The molecule has 7 heteroatoms. The molecule has 0 unspecified atom stereocenters. The summed E-state index contributed by atoms with van der Waals surface area (Å²) in [5.74, 6) is 5.53. The van der Waals surface area contributed by atoms with E-state index >= 15 is 0 Å². The maximum atomic E-state index is 12.6. The van der Waals surface area contributed by atoms with E-state index in [1.54, 1.807) is 12.1 Å². The van der Waals surface area contributed by atoms with E-state index in [1.807, 2.05) is 0 Å². The number of benzene rings is 1. The molecule has 0 radical (unpaired) electrons. The quantitative estimate of drug-likeness (QED) is 0.626. The molecule has 0 spiro atoms. The van der Waals surface area contributed by atoms with Crippen molar-refractivity contribution >= 4 is 16.5 Å². The number of nitrogens with one attached hydrogen (secondary N) is 1. The Hall–Kier alpha value is -1.73. The third-order valence-corrected chi connectivity index (χ3v) is 2.58. The second-order valence-corrected chi connectivity index (χ2v) is 3.69. The molecule has 0 atom stereocenters. The van der Waals surface area contributed by atoms with Crippen molar-refractivity contribution in [3.63, 3.8) is 0 Å². The highest BCUT2D eigenvalue weighted by Gasteiger charge is 2.07. The monoisotopic (exact) mass is 240 g/mol. The fourth-order valence-corrected chi connectivity index (χ4v) is 1.57. The van der Waals surface area contributed by atoms with Gasteiger partial charge in [-0.2, -0.15) is 0 Å². The Kier molecular flexibility index (Phi) is 3.28. The minimum Gasteiger partial charge on any atom is -0.487 e. The maximum Gasteiger partial charge on any atom is 0.150 e. The van der Waals surface area contributed by atoms with Crippen molar-refractivity contribution in [1.29, 1.82) is 0 Å². The van der Waals surface area contributed by atoms with Gasteiger partial charge in [-0.25, -0.2) is 10.2 Å². The first-order chi connectivity index (χ1) is 7.79. The Labute approximate surface area is 95.2 Å². The lowest BCUT2D eigenvalue weighted by molar-refractivity contribution is 0.301. The van der Waals surface area contributed by atoms with E-state index in [0.717, 1.165) is 11.5 Å². The van der Waals surface area contributed by atoms with Gasteiger partial charge in [-0.15, -0.1) is 5.10 Å². The molecule has 0 bridgehead atoms. The number of nitrogen functional groups attached to an aromatic ring is 1. The first-order valence-corrected chi connectivity index (χ1v) is 5.23. The van der Waals surface area contributed by atoms with Crippen LogP contribution < -0.4 is 16.0 Å². The summed E-state index contributed by atoms with van der Waals surface area (Å²) in [5.41, 5.74) is 3.10. The molecule has 0 saturated carbocycles. The average molecular weight is 240 g/mol. The summed E-state index contributed by atoms with van der Waals surface area (Å²) in [7, 11) is 0. The third-order valence-electron chi connectivity index (χ3n) is 1.88. The fraction of sp³-hybridized carbons (Fsp3) is 0.111.